The van der Waals surface area contributed by atoms with E-state index in [1.54, 1.807) is 32.1 Å². The van der Waals surface area contributed by atoms with E-state index < -0.39 is 0 Å². The molecule has 4 rings (SSSR count). The quantitative estimate of drug-likeness (QED) is 0.490. The Morgan fingerprint density at radius 2 is 1.43 bits per heavy atom. The van der Waals surface area contributed by atoms with Gasteiger partial charge in [0.05, 0.1) is 0 Å². The smallest absolute Gasteiger partial charge is 0.0181 e. The maximum Gasteiger partial charge on any atom is -0.0181 e. The third kappa shape index (κ3) is 1.58. The molecule has 21 heavy (non-hydrogen) atoms. The maximum absolute atomic E-state index is 2.62. The fraction of sp³-hybridized carbons (Fsp3) is 1.00. The van der Waals surface area contributed by atoms with Gasteiger partial charge in [0.15, 0.2) is 0 Å². The zero-order valence-electron chi connectivity index (χ0n) is 15.0. The van der Waals surface area contributed by atoms with Crippen LogP contribution in [0.2, 0.25) is 0 Å². The van der Waals surface area contributed by atoms with Crippen molar-refractivity contribution in [1.29, 1.82) is 0 Å². The summed E-state index contributed by atoms with van der Waals surface area (Å²) in [5.41, 5.74) is 1.97. The molecule has 0 N–H and O–H groups in total. The summed E-state index contributed by atoms with van der Waals surface area (Å²) < 4.78 is 0. The highest BCUT2D eigenvalue weighted by Gasteiger charge is 2.72. The Balaban J connectivity index is 1.71. The molecule has 4 saturated carbocycles. The summed E-state index contributed by atoms with van der Waals surface area (Å²) in [5, 5.41) is 0. The maximum atomic E-state index is 2.62. The summed E-state index contributed by atoms with van der Waals surface area (Å²) in [6.07, 6.45) is 12.3. The molecule has 0 amide bonds. The average molecular weight is 289 g/mol. The molecule has 4 fully saturated rings. The predicted molar refractivity (Wildman–Crippen MR) is 90.1 cm³/mol. The van der Waals surface area contributed by atoms with Crippen LogP contribution in [0.15, 0.2) is 0 Å². The van der Waals surface area contributed by atoms with Crippen LogP contribution in [-0.2, 0) is 0 Å². The topological polar surface area (TPSA) is 0 Å². The van der Waals surface area contributed by atoms with Crippen LogP contribution in [0.1, 0.15) is 86.0 Å². The van der Waals surface area contributed by atoms with Crippen molar-refractivity contribution < 1.29 is 0 Å². The molecular weight excluding hydrogens is 252 g/mol. The highest BCUT2D eigenvalue weighted by atomic mass is 14.8. The van der Waals surface area contributed by atoms with E-state index in [1.807, 2.05) is 0 Å². The van der Waals surface area contributed by atoms with Crippen LogP contribution in [-0.4, -0.2) is 0 Å². The molecule has 6 atom stereocenters. The summed E-state index contributed by atoms with van der Waals surface area (Å²) in [7, 11) is 0. The van der Waals surface area contributed by atoms with Crippen molar-refractivity contribution in [2.75, 3.05) is 0 Å². The van der Waals surface area contributed by atoms with Gasteiger partial charge < -0.3 is 0 Å². The Morgan fingerprint density at radius 1 is 0.714 bits per heavy atom. The highest BCUT2D eigenvalue weighted by molar-refractivity contribution is 5.20. The molecule has 0 radical (unpaired) electrons. The van der Waals surface area contributed by atoms with Crippen molar-refractivity contribution in [3.05, 3.63) is 0 Å². The van der Waals surface area contributed by atoms with Crippen LogP contribution in [0.25, 0.3) is 0 Å². The minimum Gasteiger partial charge on any atom is -0.0617 e. The highest BCUT2D eigenvalue weighted by Crippen LogP contribution is 2.79. The lowest BCUT2D eigenvalue weighted by atomic mass is 9.34. The van der Waals surface area contributed by atoms with Crippen molar-refractivity contribution in [3.63, 3.8) is 0 Å². The van der Waals surface area contributed by atoms with Crippen LogP contribution in [0.3, 0.4) is 0 Å². The summed E-state index contributed by atoms with van der Waals surface area (Å²) in [4.78, 5) is 0. The predicted octanol–water partition coefficient (Wildman–Crippen LogP) is 6.30. The van der Waals surface area contributed by atoms with Crippen LogP contribution in [0.4, 0.5) is 0 Å². The lowest BCUT2D eigenvalue weighted by molar-refractivity contribution is -0.227. The minimum atomic E-state index is 0.611. The van der Waals surface area contributed by atoms with Gasteiger partial charge in [0, 0.05) is 0 Å². The number of hydrogen-bond acceptors (Lipinski definition) is 0. The summed E-state index contributed by atoms with van der Waals surface area (Å²) in [6, 6.07) is 0. The second-order valence-corrected chi connectivity index (χ2v) is 10.4. The second kappa shape index (κ2) is 4.30. The third-order valence-corrected chi connectivity index (χ3v) is 9.57. The third-order valence-electron chi connectivity index (χ3n) is 9.57. The van der Waals surface area contributed by atoms with Crippen molar-refractivity contribution in [3.8, 4) is 0 Å². The Morgan fingerprint density at radius 3 is 2.19 bits per heavy atom. The molecule has 6 unspecified atom stereocenters. The molecule has 0 bridgehead atoms. The van der Waals surface area contributed by atoms with Gasteiger partial charge in [-0.3, -0.25) is 0 Å². The average Bonchev–Trinajstić information content (AvgIpc) is 2.73. The zero-order chi connectivity index (χ0) is 15.0. The van der Waals surface area contributed by atoms with Crippen LogP contribution in [0, 0.1) is 45.8 Å². The lowest BCUT2D eigenvalue weighted by Gasteiger charge is -2.70. The van der Waals surface area contributed by atoms with Crippen molar-refractivity contribution in [2.24, 2.45) is 45.8 Å². The van der Waals surface area contributed by atoms with E-state index in [-0.39, 0.29) is 0 Å². The molecule has 1 spiro atoms. The molecule has 0 saturated heterocycles. The first-order valence-corrected chi connectivity index (χ1v) is 9.82. The number of rotatable bonds is 0. The normalized spacial score (nSPS) is 53.9. The summed E-state index contributed by atoms with van der Waals surface area (Å²) in [5.74, 6) is 5.21. The van der Waals surface area contributed by atoms with Crippen molar-refractivity contribution in [1.82, 2.24) is 0 Å². The standard InChI is InChI=1S/C21H36/c1-14-16-9-10-18-15-8-6-7-12-19(2,3)17(15)11-13-21(16,18)20(14,4)5/h14-18H,6-13H2,1-5H3. The number of hydrogen-bond donors (Lipinski definition) is 0. The zero-order valence-corrected chi connectivity index (χ0v) is 15.0. The van der Waals surface area contributed by atoms with Gasteiger partial charge in [0.1, 0.15) is 0 Å². The molecule has 0 aromatic heterocycles. The Bertz CT molecular complexity index is 431. The first-order chi connectivity index (χ1) is 9.82. The molecule has 0 aromatic rings. The fourth-order valence-electron chi connectivity index (χ4n) is 8.33. The van der Waals surface area contributed by atoms with Crippen LogP contribution < -0.4 is 0 Å². The molecule has 4 aliphatic rings. The molecule has 0 aromatic carbocycles. The van der Waals surface area contributed by atoms with Gasteiger partial charge in [-0.15, -0.1) is 0 Å². The van der Waals surface area contributed by atoms with Gasteiger partial charge in [-0.2, -0.15) is 0 Å². The van der Waals surface area contributed by atoms with Crippen LogP contribution >= 0.6 is 0 Å². The molecule has 4 aliphatic carbocycles. The van der Waals surface area contributed by atoms with E-state index in [0.717, 1.165) is 35.0 Å². The largest absolute Gasteiger partial charge is 0.0617 e. The Kier molecular flexibility index (Phi) is 2.98. The van der Waals surface area contributed by atoms with Gasteiger partial charge in [-0.05, 0) is 84.4 Å². The van der Waals surface area contributed by atoms with Crippen molar-refractivity contribution >= 4 is 0 Å². The molecular formula is C21H36. The van der Waals surface area contributed by atoms with E-state index >= 15 is 0 Å². The van der Waals surface area contributed by atoms with Gasteiger partial charge in [0.25, 0.3) is 0 Å². The monoisotopic (exact) mass is 288 g/mol. The van der Waals surface area contributed by atoms with E-state index in [1.165, 1.54) is 19.3 Å². The second-order valence-electron chi connectivity index (χ2n) is 10.4. The van der Waals surface area contributed by atoms with Gasteiger partial charge in [0.2, 0.25) is 0 Å². The molecule has 0 aliphatic heterocycles. The fourth-order valence-corrected chi connectivity index (χ4v) is 8.33. The Labute approximate surface area is 132 Å². The van der Waals surface area contributed by atoms with E-state index in [0.29, 0.717) is 10.8 Å². The molecule has 120 valence electrons. The minimum absolute atomic E-state index is 0.611. The van der Waals surface area contributed by atoms with E-state index in [4.69, 9.17) is 0 Å². The van der Waals surface area contributed by atoms with Crippen LogP contribution in [0.5, 0.6) is 0 Å². The number of fused-ring (bicyclic) bond motifs is 2. The van der Waals surface area contributed by atoms with Gasteiger partial charge in [-0.25, -0.2) is 0 Å². The van der Waals surface area contributed by atoms with E-state index in [9.17, 15) is 0 Å². The lowest BCUT2D eigenvalue weighted by Crippen LogP contribution is -2.65. The van der Waals surface area contributed by atoms with Gasteiger partial charge >= 0.3 is 0 Å². The molecule has 0 nitrogen and oxygen atoms in total. The molecule has 0 heteroatoms. The first kappa shape index (κ1) is 14.6. The van der Waals surface area contributed by atoms with Crippen molar-refractivity contribution in [2.45, 2.75) is 86.0 Å². The first-order valence-electron chi connectivity index (χ1n) is 9.82. The molecule has 0 heterocycles. The Hall–Kier alpha value is 0. The van der Waals surface area contributed by atoms with E-state index in [2.05, 4.69) is 34.6 Å². The van der Waals surface area contributed by atoms with Gasteiger partial charge in [-0.1, -0.05) is 47.5 Å². The summed E-state index contributed by atoms with van der Waals surface area (Å²) >= 11 is 0. The SMILES string of the molecule is CC1C2CCC3C4CCCCC(C)(C)C4CCC32C1(C)C. The summed E-state index contributed by atoms with van der Waals surface area (Å²) in [6.45, 7) is 13.0.